The first-order valence-corrected chi connectivity index (χ1v) is 9.34. The van der Waals surface area contributed by atoms with E-state index in [2.05, 4.69) is 10.2 Å². The van der Waals surface area contributed by atoms with E-state index in [0.29, 0.717) is 41.0 Å². The number of ether oxygens (including phenoxy) is 2. The number of carbonyl (C=O) groups excluding carboxylic acids is 1. The minimum atomic E-state index is -0.205. The third kappa shape index (κ3) is 3.58. The molecule has 0 aromatic heterocycles. The van der Waals surface area contributed by atoms with Gasteiger partial charge in [0.25, 0.3) is 5.91 Å². The van der Waals surface area contributed by atoms with Crippen LogP contribution in [-0.4, -0.2) is 32.2 Å². The molecule has 0 radical (unpaired) electrons. The molecule has 26 heavy (non-hydrogen) atoms. The van der Waals surface area contributed by atoms with Crippen LogP contribution < -0.4 is 19.7 Å². The number of anilines is 2. The number of nitrogens with one attached hydrogen (secondary N) is 1. The molecule has 0 unspecified atom stereocenters. The summed E-state index contributed by atoms with van der Waals surface area (Å²) in [6.45, 7) is 3.08. The van der Waals surface area contributed by atoms with Crippen molar-refractivity contribution in [3.63, 3.8) is 0 Å². The van der Waals surface area contributed by atoms with Crippen molar-refractivity contribution >= 4 is 28.9 Å². The molecule has 4 rings (SSSR count). The number of amides is 1. The van der Waals surface area contributed by atoms with Gasteiger partial charge in [0.15, 0.2) is 11.5 Å². The quantitative estimate of drug-likeness (QED) is 0.870. The highest BCUT2D eigenvalue weighted by molar-refractivity contribution is 6.33. The smallest absolute Gasteiger partial charge is 0.255 e. The second kappa shape index (κ2) is 7.46. The third-order valence-corrected chi connectivity index (χ3v) is 5.01. The molecular weight excluding hydrogens is 352 g/mol. The lowest BCUT2D eigenvalue weighted by atomic mass is 10.1. The van der Waals surface area contributed by atoms with Crippen molar-refractivity contribution in [1.29, 1.82) is 0 Å². The summed E-state index contributed by atoms with van der Waals surface area (Å²) in [5.41, 5.74) is 2.23. The minimum absolute atomic E-state index is 0.205. The van der Waals surface area contributed by atoms with E-state index in [1.807, 2.05) is 12.1 Å². The summed E-state index contributed by atoms with van der Waals surface area (Å²) in [6, 6.07) is 10.9. The van der Waals surface area contributed by atoms with Crippen molar-refractivity contribution < 1.29 is 14.3 Å². The Balaban J connectivity index is 1.48. The average Bonchev–Trinajstić information content (AvgIpc) is 2.68. The number of rotatable bonds is 3. The maximum atomic E-state index is 12.5. The van der Waals surface area contributed by atoms with E-state index in [1.165, 1.54) is 19.3 Å². The molecule has 0 atom stereocenters. The number of nitrogens with zero attached hydrogens (tertiary/aromatic N) is 1. The summed E-state index contributed by atoms with van der Waals surface area (Å²) >= 11 is 6.46. The summed E-state index contributed by atoms with van der Waals surface area (Å²) in [5.74, 6) is 1.06. The Morgan fingerprint density at radius 1 is 0.962 bits per heavy atom. The second-order valence-corrected chi connectivity index (χ2v) is 6.93. The van der Waals surface area contributed by atoms with Gasteiger partial charge in [-0.15, -0.1) is 0 Å². The topological polar surface area (TPSA) is 50.8 Å². The van der Waals surface area contributed by atoms with Crippen LogP contribution >= 0.6 is 11.6 Å². The summed E-state index contributed by atoms with van der Waals surface area (Å²) in [5, 5.41) is 3.56. The predicted molar refractivity (Wildman–Crippen MR) is 103 cm³/mol. The van der Waals surface area contributed by atoms with E-state index in [9.17, 15) is 4.79 Å². The number of hydrogen-bond donors (Lipinski definition) is 1. The fraction of sp³-hybridized carbons (Fsp3) is 0.350. The molecule has 0 spiro atoms. The van der Waals surface area contributed by atoms with E-state index < -0.39 is 0 Å². The number of piperidine rings is 1. The Morgan fingerprint density at radius 3 is 2.50 bits per heavy atom. The molecule has 1 N–H and O–H groups in total. The molecule has 1 fully saturated rings. The van der Waals surface area contributed by atoms with Crippen molar-refractivity contribution in [3.05, 3.63) is 47.0 Å². The maximum Gasteiger partial charge on any atom is 0.255 e. The highest BCUT2D eigenvalue weighted by atomic mass is 35.5. The monoisotopic (exact) mass is 372 g/mol. The van der Waals surface area contributed by atoms with E-state index in [1.54, 1.807) is 24.3 Å². The van der Waals surface area contributed by atoms with Crippen LogP contribution in [0.3, 0.4) is 0 Å². The number of fused-ring (bicyclic) bond motifs is 1. The van der Waals surface area contributed by atoms with Crippen LogP contribution in [0, 0.1) is 0 Å². The zero-order chi connectivity index (χ0) is 17.9. The van der Waals surface area contributed by atoms with Gasteiger partial charge in [-0.3, -0.25) is 4.79 Å². The zero-order valence-corrected chi connectivity index (χ0v) is 15.2. The van der Waals surface area contributed by atoms with Gasteiger partial charge in [0, 0.05) is 24.3 Å². The predicted octanol–water partition coefficient (Wildman–Crippen LogP) is 4.35. The highest BCUT2D eigenvalue weighted by Crippen LogP contribution is 2.32. The Labute approximate surface area is 157 Å². The number of hydrogen-bond acceptors (Lipinski definition) is 4. The molecule has 0 bridgehead atoms. The van der Waals surface area contributed by atoms with Gasteiger partial charge in [-0.25, -0.2) is 0 Å². The van der Waals surface area contributed by atoms with Crippen LogP contribution in [0.5, 0.6) is 11.5 Å². The van der Waals surface area contributed by atoms with Gasteiger partial charge in [0.1, 0.15) is 13.2 Å². The molecule has 0 aliphatic carbocycles. The first-order chi connectivity index (χ1) is 12.7. The number of benzene rings is 2. The van der Waals surface area contributed by atoms with E-state index in [4.69, 9.17) is 21.1 Å². The molecule has 2 heterocycles. The maximum absolute atomic E-state index is 12.5. The standard InChI is InChI=1S/C20H21ClN2O3/c21-16-13-15(5-6-17(16)23-8-2-1-3-9-23)22-20(24)14-4-7-18-19(12-14)26-11-10-25-18/h4-7,12-13H,1-3,8-11H2,(H,22,24). The van der Waals surface area contributed by atoms with Crippen LogP contribution in [0.1, 0.15) is 29.6 Å². The van der Waals surface area contributed by atoms with Gasteiger partial charge in [-0.2, -0.15) is 0 Å². The fourth-order valence-electron chi connectivity index (χ4n) is 3.36. The summed E-state index contributed by atoms with van der Waals surface area (Å²) in [4.78, 5) is 14.8. The van der Waals surface area contributed by atoms with E-state index in [-0.39, 0.29) is 5.91 Å². The first-order valence-electron chi connectivity index (χ1n) is 8.96. The lowest BCUT2D eigenvalue weighted by molar-refractivity contribution is 0.102. The SMILES string of the molecule is O=C(Nc1ccc(N2CCCCC2)c(Cl)c1)c1ccc2c(c1)OCCO2. The van der Waals surface area contributed by atoms with Gasteiger partial charge >= 0.3 is 0 Å². The molecule has 136 valence electrons. The van der Waals surface area contributed by atoms with Gasteiger partial charge < -0.3 is 19.7 Å². The fourth-order valence-corrected chi connectivity index (χ4v) is 3.66. The van der Waals surface area contributed by atoms with Gasteiger partial charge in [-0.05, 0) is 55.7 Å². The van der Waals surface area contributed by atoms with E-state index in [0.717, 1.165) is 18.8 Å². The van der Waals surface area contributed by atoms with Gasteiger partial charge in [0.2, 0.25) is 0 Å². The molecule has 2 aliphatic rings. The van der Waals surface area contributed by atoms with Crippen molar-refractivity contribution in [2.45, 2.75) is 19.3 Å². The van der Waals surface area contributed by atoms with Crippen LogP contribution in [0.25, 0.3) is 0 Å². The lowest BCUT2D eigenvalue weighted by Gasteiger charge is -2.29. The second-order valence-electron chi connectivity index (χ2n) is 6.53. The van der Waals surface area contributed by atoms with Crippen molar-refractivity contribution in [2.24, 2.45) is 0 Å². The summed E-state index contributed by atoms with van der Waals surface area (Å²) in [7, 11) is 0. The Morgan fingerprint density at radius 2 is 1.73 bits per heavy atom. The van der Waals surface area contributed by atoms with Crippen LogP contribution in [0.4, 0.5) is 11.4 Å². The molecule has 2 aliphatic heterocycles. The number of carbonyl (C=O) groups is 1. The van der Waals surface area contributed by atoms with Crippen LogP contribution in [-0.2, 0) is 0 Å². The molecule has 1 amide bonds. The number of halogens is 1. The first kappa shape index (κ1) is 17.0. The molecule has 1 saturated heterocycles. The molecule has 2 aromatic rings. The summed E-state index contributed by atoms with van der Waals surface area (Å²) in [6.07, 6.45) is 3.66. The molecule has 0 saturated carbocycles. The average molecular weight is 373 g/mol. The summed E-state index contributed by atoms with van der Waals surface area (Å²) < 4.78 is 11.0. The molecule has 6 heteroatoms. The van der Waals surface area contributed by atoms with Gasteiger partial charge in [0.05, 0.1) is 10.7 Å². The Hall–Kier alpha value is -2.40. The lowest BCUT2D eigenvalue weighted by Crippen LogP contribution is -2.29. The van der Waals surface area contributed by atoms with Crippen molar-refractivity contribution in [1.82, 2.24) is 0 Å². The molecule has 2 aromatic carbocycles. The van der Waals surface area contributed by atoms with E-state index >= 15 is 0 Å². The molecular formula is C20H21ClN2O3. The Bertz CT molecular complexity index is 819. The highest BCUT2D eigenvalue weighted by Gasteiger charge is 2.17. The molecule has 5 nitrogen and oxygen atoms in total. The van der Waals surface area contributed by atoms with Crippen LogP contribution in [0.2, 0.25) is 5.02 Å². The zero-order valence-electron chi connectivity index (χ0n) is 14.5. The normalized spacial score (nSPS) is 16.3. The van der Waals surface area contributed by atoms with Crippen LogP contribution in [0.15, 0.2) is 36.4 Å². The van der Waals surface area contributed by atoms with Crippen molar-refractivity contribution in [3.8, 4) is 11.5 Å². The van der Waals surface area contributed by atoms with Gasteiger partial charge in [-0.1, -0.05) is 11.6 Å². The third-order valence-electron chi connectivity index (χ3n) is 4.71. The Kier molecular flexibility index (Phi) is 4.89. The largest absolute Gasteiger partial charge is 0.486 e. The minimum Gasteiger partial charge on any atom is -0.486 e. The van der Waals surface area contributed by atoms with Crippen molar-refractivity contribution in [2.75, 3.05) is 36.5 Å².